The Hall–Kier alpha value is -1.76. The SMILES string of the molecule is CCCNc1nnc(-c2cc(C(C)(C)C)n[nH]c2=O)s1. The minimum Gasteiger partial charge on any atom is -0.360 e. The third-order valence-corrected chi connectivity index (χ3v) is 3.67. The zero-order valence-electron chi connectivity index (χ0n) is 12.1. The number of rotatable bonds is 4. The van der Waals surface area contributed by atoms with E-state index in [0.29, 0.717) is 10.6 Å². The molecule has 20 heavy (non-hydrogen) atoms. The van der Waals surface area contributed by atoms with Crippen LogP contribution in [0, 0.1) is 0 Å². The molecule has 0 saturated heterocycles. The molecule has 0 aliphatic carbocycles. The molecule has 108 valence electrons. The molecule has 2 rings (SSSR count). The topological polar surface area (TPSA) is 83.6 Å². The summed E-state index contributed by atoms with van der Waals surface area (Å²) in [4.78, 5) is 11.9. The van der Waals surface area contributed by atoms with Crippen molar-refractivity contribution in [3.8, 4) is 10.6 Å². The maximum atomic E-state index is 11.9. The quantitative estimate of drug-likeness (QED) is 0.904. The Balaban J connectivity index is 2.37. The van der Waals surface area contributed by atoms with Crippen molar-refractivity contribution in [3.05, 3.63) is 22.1 Å². The molecular weight excluding hydrogens is 274 g/mol. The van der Waals surface area contributed by atoms with Crippen molar-refractivity contribution in [2.75, 3.05) is 11.9 Å². The van der Waals surface area contributed by atoms with E-state index in [1.54, 1.807) is 6.07 Å². The highest BCUT2D eigenvalue weighted by atomic mass is 32.1. The van der Waals surface area contributed by atoms with Crippen molar-refractivity contribution in [1.29, 1.82) is 0 Å². The first kappa shape index (κ1) is 14.6. The van der Waals surface area contributed by atoms with Crippen LogP contribution in [-0.4, -0.2) is 26.9 Å². The maximum Gasteiger partial charge on any atom is 0.274 e. The summed E-state index contributed by atoms with van der Waals surface area (Å²) in [7, 11) is 0. The number of H-pyrrole nitrogens is 1. The Kier molecular flexibility index (Phi) is 4.17. The number of hydrogen-bond acceptors (Lipinski definition) is 6. The van der Waals surface area contributed by atoms with E-state index in [1.165, 1.54) is 11.3 Å². The molecule has 0 aromatic carbocycles. The van der Waals surface area contributed by atoms with Crippen LogP contribution in [0.5, 0.6) is 0 Å². The van der Waals surface area contributed by atoms with Gasteiger partial charge in [-0.3, -0.25) is 4.79 Å². The van der Waals surface area contributed by atoms with Gasteiger partial charge in [0.1, 0.15) is 0 Å². The van der Waals surface area contributed by atoms with Gasteiger partial charge in [0.15, 0.2) is 5.01 Å². The van der Waals surface area contributed by atoms with Gasteiger partial charge in [-0.2, -0.15) is 5.10 Å². The predicted molar refractivity (Wildman–Crippen MR) is 81.2 cm³/mol. The summed E-state index contributed by atoms with van der Waals surface area (Å²) in [5.74, 6) is 0. The van der Waals surface area contributed by atoms with E-state index in [0.717, 1.165) is 23.8 Å². The molecule has 0 spiro atoms. The Morgan fingerprint density at radius 3 is 2.75 bits per heavy atom. The van der Waals surface area contributed by atoms with E-state index in [-0.39, 0.29) is 11.0 Å². The van der Waals surface area contributed by atoms with E-state index in [9.17, 15) is 4.79 Å². The van der Waals surface area contributed by atoms with Gasteiger partial charge in [-0.15, -0.1) is 10.2 Å². The molecule has 7 heteroatoms. The summed E-state index contributed by atoms with van der Waals surface area (Å²) >= 11 is 1.38. The van der Waals surface area contributed by atoms with E-state index in [4.69, 9.17) is 0 Å². The lowest BCUT2D eigenvalue weighted by Gasteiger charge is -2.16. The highest BCUT2D eigenvalue weighted by Crippen LogP contribution is 2.26. The summed E-state index contributed by atoms with van der Waals surface area (Å²) in [6.07, 6.45) is 1.01. The first-order chi connectivity index (χ1) is 9.41. The number of aromatic amines is 1. The van der Waals surface area contributed by atoms with E-state index in [1.807, 2.05) is 20.8 Å². The molecule has 0 aliphatic rings. The fourth-order valence-corrected chi connectivity index (χ4v) is 2.37. The smallest absolute Gasteiger partial charge is 0.274 e. The standard InChI is InChI=1S/C13H19N5OS/c1-5-6-14-12-18-17-11(20-12)8-7-9(13(2,3)4)15-16-10(8)19/h7H,5-6H2,1-4H3,(H,14,18)(H,16,19). The molecule has 0 amide bonds. The van der Waals surface area contributed by atoms with Crippen molar-refractivity contribution >= 4 is 16.5 Å². The van der Waals surface area contributed by atoms with Crippen LogP contribution in [-0.2, 0) is 5.41 Å². The molecule has 0 bridgehead atoms. The molecule has 2 aromatic rings. The molecule has 0 saturated carbocycles. The summed E-state index contributed by atoms with van der Waals surface area (Å²) in [6, 6.07) is 1.79. The van der Waals surface area contributed by atoms with Gasteiger partial charge in [0.25, 0.3) is 5.56 Å². The summed E-state index contributed by atoms with van der Waals surface area (Å²) in [5.41, 5.74) is 0.973. The van der Waals surface area contributed by atoms with Crippen molar-refractivity contribution < 1.29 is 0 Å². The predicted octanol–water partition coefficient (Wildman–Crippen LogP) is 2.41. The van der Waals surface area contributed by atoms with Crippen molar-refractivity contribution in [1.82, 2.24) is 20.4 Å². The fraction of sp³-hybridized carbons (Fsp3) is 0.538. The molecule has 0 aliphatic heterocycles. The van der Waals surface area contributed by atoms with Gasteiger partial charge in [0.2, 0.25) is 5.13 Å². The zero-order valence-corrected chi connectivity index (χ0v) is 13.0. The van der Waals surface area contributed by atoms with E-state index >= 15 is 0 Å². The van der Waals surface area contributed by atoms with Crippen LogP contribution in [0.15, 0.2) is 10.9 Å². The highest BCUT2D eigenvalue weighted by Gasteiger charge is 2.19. The van der Waals surface area contributed by atoms with Gasteiger partial charge >= 0.3 is 0 Å². The van der Waals surface area contributed by atoms with Gasteiger partial charge in [0.05, 0.1) is 11.3 Å². The molecule has 2 aromatic heterocycles. The van der Waals surface area contributed by atoms with Crippen LogP contribution in [0.25, 0.3) is 10.6 Å². The van der Waals surface area contributed by atoms with Crippen LogP contribution in [0.4, 0.5) is 5.13 Å². The second kappa shape index (κ2) is 5.70. The van der Waals surface area contributed by atoms with Crippen molar-refractivity contribution in [2.45, 2.75) is 39.5 Å². The third kappa shape index (κ3) is 3.22. The van der Waals surface area contributed by atoms with Gasteiger partial charge in [-0.05, 0) is 12.5 Å². The van der Waals surface area contributed by atoms with E-state index < -0.39 is 0 Å². The summed E-state index contributed by atoms with van der Waals surface area (Å²) in [5, 5.41) is 19.3. The normalized spacial score (nSPS) is 11.6. The number of nitrogens with zero attached hydrogens (tertiary/aromatic N) is 3. The molecule has 0 unspecified atom stereocenters. The third-order valence-electron chi connectivity index (χ3n) is 2.75. The lowest BCUT2D eigenvalue weighted by atomic mass is 9.91. The Morgan fingerprint density at radius 2 is 2.10 bits per heavy atom. The Morgan fingerprint density at radius 1 is 1.35 bits per heavy atom. The minimum absolute atomic E-state index is 0.132. The van der Waals surface area contributed by atoms with Gasteiger partial charge in [-0.1, -0.05) is 39.0 Å². The van der Waals surface area contributed by atoms with Crippen LogP contribution in [0.1, 0.15) is 39.8 Å². The second-order valence-electron chi connectivity index (χ2n) is 5.59. The molecule has 6 nitrogen and oxygen atoms in total. The van der Waals surface area contributed by atoms with Crippen LogP contribution < -0.4 is 10.9 Å². The number of hydrogen-bond donors (Lipinski definition) is 2. The average Bonchev–Trinajstić information content (AvgIpc) is 2.84. The number of anilines is 1. The molecule has 0 radical (unpaired) electrons. The van der Waals surface area contributed by atoms with Crippen molar-refractivity contribution in [2.24, 2.45) is 0 Å². The number of nitrogens with one attached hydrogen (secondary N) is 2. The Bertz CT molecular complexity index is 641. The summed E-state index contributed by atoms with van der Waals surface area (Å²) in [6.45, 7) is 9.07. The lowest BCUT2D eigenvalue weighted by molar-refractivity contribution is 0.557. The van der Waals surface area contributed by atoms with Gasteiger partial charge in [-0.25, -0.2) is 5.10 Å². The van der Waals surface area contributed by atoms with E-state index in [2.05, 4.69) is 32.6 Å². The maximum absolute atomic E-state index is 11.9. The fourth-order valence-electron chi connectivity index (χ4n) is 1.58. The van der Waals surface area contributed by atoms with Crippen LogP contribution >= 0.6 is 11.3 Å². The average molecular weight is 293 g/mol. The Labute approximate surface area is 121 Å². The number of aromatic nitrogens is 4. The molecular formula is C13H19N5OS. The first-order valence-electron chi connectivity index (χ1n) is 6.59. The molecule has 0 fully saturated rings. The van der Waals surface area contributed by atoms with Gasteiger partial charge < -0.3 is 5.32 Å². The van der Waals surface area contributed by atoms with Gasteiger partial charge in [0, 0.05) is 12.0 Å². The molecule has 2 N–H and O–H groups in total. The largest absolute Gasteiger partial charge is 0.360 e. The monoisotopic (exact) mass is 293 g/mol. The summed E-state index contributed by atoms with van der Waals surface area (Å²) < 4.78 is 0. The molecule has 2 heterocycles. The van der Waals surface area contributed by atoms with Crippen molar-refractivity contribution in [3.63, 3.8) is 0 Å². The highest BCUT2D eigenvalue weighted by molar-refractivity contribution is 7.18. The first-order valence-corrected chi connectivity index (χ1v) is 7.41. The minimum atomic E-state index is -0.240. The van der Waals surface area contributed by atoms with Crippen LogP contribution in [0.2, 0.25) is 0 Å². The molecule has 0 atom stereocenters. The van der Waals surface area contributed by atoms with Crippen LogP contribution in [0.3, 0.4) is 0 Å². The lowest BCUT2D eigenvalue weighted by Crippen LogP contribution is -2.20. The second-order valence-corrected chi connectivity index (χ2v) is 6.56. The zero-order chi connectivity index (χ0) is 14.8.